The standard InChI is InChI=1S/C94H99BN4/c1-88(2,3)66-36-43-71(44-37-66)96(72-45-38-67(39-46-72)89(4,5)6)73-47-52-82-77(59-73)93(16)53-27-28-54-94(93,17)99(82)74-60-85-87-86(61-74)98(81-50-41-69(91(10,11)12)57-76(81)64-33-25-20-26-34-64)84-55-65(62-29-21-18-22-30-62)35-48-78(84)95(87)79-58-70(92(13,14)15)42-51-83(79)97(85)80-49-40-68(90(7,8)9)56-75(80)63-31-23-19-24-32-63/h18-26,29-52,55-61H,27-28,53-54H2,1-17H3. The summed E-state index contributed by atoms with van der Waals surface area (Å²) in [4.78, 5) is 10.8. The predicted octanol–water partition coefficient (Wildman–Crippen LogP) is 24.5. The van der Waals surface area contributed by atoms with Crippen molar-refractivity contribution in [3.8, 4) is 33.4 Å². The summed E-state index contributed by atoms with van der Waals surface area (Å²) in [6.45, 7) is 40.2. The van der Waals surface area contributed by atoms with Crippen LogP contribution in [0.3, 0.4) is 0 Å². The summed E-state index contributed by atoms with van der Waals surface area (Å²) in [6, 6.07) is 94.6. The van der Waals surface area contributed by atoms with Gasteiger partial charge in [-0.25, -0.2) is 0 Å². The Labute approximate surface area is 592 Å². The normalized spacial score (nSPS) is 17.4. The van der Waals surface area contributed by atoms with Crippen molar-refractivity contribution in [2.24, 2.45) is 0 Å². The molecule has 2 atom stereocenters. The van der Waals surface area contributed by atoms with Crippen molar-refractivity contribution in [3.05, 3.63) is 276 Å². The van der Waals surface area contributed by atoms with Gasteiger partial charge in [0, 0.05) is 67.7 Å². The maximum absolute atomic E-state index is 2.85. The second-order valence-corrected chi connectivity index (χ2v) is 34.6. The highest BCUT2D eigenvalue weighted by Gasteiger charge is 2.58. The summed E-state index contributed by atoms with van der Waals surface area (Å²) in [7, 11) is 0. The van der Waals surface area contributed by atoms with E-state index in [9.17, 15) is 0 Å². The number of benzene rings is 11. The lowest BCUT2D eigenvalue weighted by Crippen LogP contribution is -2.61. The van der Waals surface area contributed by atoms with Crippen LogP contribution in [0.4, 0.5) is 62.6 Å². The largest absolute Gasteiger partial charge is 0.334 e. The summed E-state index contributed by atoms with van der Waals surface area (Å²) < 4.78 is 0. The summed E-state index contributed by atoms with van der Waals surface area (Å²) in [5, 5.41) is 0. The van der Waals surface area contributed by atoms with Crippen LogP contribution >= 0.6 is 0 Å². The first-order valence-electron chi connectivity index (χ1n) is 36.5. The Bertz CT molecular complexity index is 4840. The third-order valence-electron chi connectivity index (χ3n) is 23.0. The Hall–Kier alpha value is -9.32. The highest BCUT2D eigenvalue weighted by atomic mass is 15.3. The van der Waals surface area contributed by atoms with Gasteiger partial charge >= 0.3 is 0 Å². The smallest absolute Gasteiger partial charge is 0.252 e. The van der Waals surface area contributed by atoms with E-state index >= 15 is 0 Å². The van der Waals surface area contributed by atoms with Gasteiger partial charge < -0.3 is 19.6 Å². The third kappa shape index (κ3) is 11.2. The fraction of sp³-hybridized carbons (Fsp3) is 0.298. The summed E-state index contributed by atoms with van der Waals surface area (Å²) in [6.07, 6.45) is 4.44. The van der Waals surface area contributed by atoms with E-state index in [1.54, 1.807) is 0 Å². The molecule has 3 heterocycles. The molecule has 0 radical (unpaired) electrons. The molecule has 0 saturated heterocycles. The molecule has 4 nitrogen and oxygen atoms in total. The second kappa shape index (κ2) is 23.7. The monoisotopic (exact) mass is 1290 g/mol. The molecule has 4 aliphatic rings. The molecule has 15 rings (SSSR count). The Morgan fingerprint density at radius 3 is 1.22 bits per heavy atom. The molecule has 11 aromatic carbocycles. The van der Waals surface area contributed by atoms with Crippen molar-refractivity contribution in [1.29, 1.82) is 0 Å². The zero-order valence-electron chi connectivity index (χ0n) is 61.8. The zero-order chi connectivity index (χ0) is 69.5. The van der Waals surface area contributed by atoms with Gasteiger partial charge in [0.2, 0.25) is 0 Å². The van der Waals surface area contributed by atoms with Gasteiger partial charge in [-0.2, -0.15) is 0 Å². The van der Waals surface area contributed by atoms with E-state index in [4.69, 9.17) is 0 Å². The quantitative estimate of drug-likeness (QED) is 0.134. The first kappa shape index (κ1) is 65.6. The zero-order valence-corrected chi connectivity index (χ0v) is 61.8. The van der Waals surface area contributed by atoms with Crippen molar-refractivity contribution in [2.75, 3.05) is 19.6 Å². The Morgan fingerprint density at radius 2 is 0.737 bits per heavy atom. The van der Waals surface area contributed by atoms with Crippen LogP contribution in [-0.2, 0) is 32.5 Å². The third-order valence-corrected chi connectivity index (χ3v) is 23.0. The van der Waals surface area contributed by atoms with Crippen molar-refractivity contribution in [3.63, 3.8) is 0 Å². The van der Waals surface area contributed by atoms with Crippen LogP contribution in [0.2, 0.25) is 0 Å². The van der Waals surface area contributed by atoms with Crippen LogP contribution in [-0.4, -0.2) is 12.3 Å². The molecule has 11 aromatic rings. The van der Waals surface area contributed by atoms with E-state index in [0.29, 0.717) is 0 Å². The van der Waals surface area contributed by atoms with Crippen LogP contribution in [0.25, 0.3) is 33.4 Å². The topological polar surface area (TPSA) is 13.0 Å². The van der Waals surface area contributed by atoms with Gasteiger partial charge in [0.25, 0.3) is 6.71 Å². The Morgan fingerprint density at radius 1 is 0.323 bits per heavy atom. The van der Waals surface area contributed by atoms with E-state index in [-0.39, 0.29) is 44.7 Å². The van der Waals surface area contributed by atoms with E-state index < -0.39 is 0 Å². The van der Waals surface area contributed by atoms with E-state index in [0.717, 1.165) is 36.3 Å². The van der Waals surface area contributed by atoms with Gasteiger partial charge in [-0.05, 0) is 210 Å². The highest BCUT2D eigenvalue weighted by molar-refractivity contribution is 7.00. The van der Waals surface area contributed by atoms with Crippen LogP contribution in [0, 0.1) is 0 Å². The van der Waals surface area contributed by atoms with Gasteiger partial charge in [-0.3, -0.25) is 0 Å². The number of hydrogen-bond acceptors (Lipinski definition) is 4. The molecule has 3 aliphatic heterocycles. The molecule has 1 fully saturated rings. The minimum atomic E-state index is -0.315. The van der Waals surface area contributed by atoms with Crippen molar-refractivity contribution < 1.29 is 0 Å². The Kier molecular flexibility index (Phi) is 15.7. The molecule has 5 heteroatoms. The Balaban J connectivity index is 1.06. The molecule has 0 amide bonds. The number of nitrogens with zero attached hydrogens (tertiary/aromatic N) is 4. The van der Waals surface area contributed by atoms with Gasteiger partial charge in [0.1, 0.15) is 0 Å². The molecular formula is C94H99BN4. The molecule has 498 valence electrons. The molecule has 0 spiro atoms. The molecule has 0 aromatic heterocycles. The maximum atomic E-state index is 2.85. The second-order valence-electron chi connectivity index (χ2n) is 34.6. The van der Waals surface area contributed by atoms with Gasteiger partial charge in [0.15, 0.2) is 0 Å². The summed E-state index contributed by atoms with van der Waals surface area (Å²) in [5.41, 5.74) is 31.4. The lowest BCUT2D eigenvalue weighted by Gasteiger charge is -2.51. The van der Waals surface area contributed by atoms with E-state index in [1.807, 2.05) is 0 Å². The van der Waals surface area contributed by atoms with Crippen LogP contribution in [0.15, 0.2) is 243 Å². The van der Waals surface area contributed by atoms with Crippen molar-refractivity contribution >= 4 is 85.7 Å². The molecule has 1 aliphatic carbocycles. The van der Waals surface area contributed by atoms with E-state index in [1.165, 1.54) is 135 Å². The predicted molar refractivity (Wildman–Crippen MR) is 428 cm³/mol. The minimum absolute atomic E-state index is 0.0225. The van der Waals surface area contributed by atoms with Crippen LogP contribution in [0.1, 0.15) is 177 Å². The SMILES string of the molecule is CC(C)(C)c1ccc(N(c2ccc(C(C)(C)C)cc2)c2ccc3c(c2)C2(C)CCCCC2(C)N3c2cc3c4c(c2)N(c2ccc(C(C)(C)C)cc2-c2ccccc2)c2cc(-c5ccccc5)ccc2B4c2cc(C(C)(C)C)ccc2N3c2ccc(C(C)(C)C)cc2-c2ccccc2)cc1. The molecule has 1 saturated carbocycles. The summed E-state index contributed by atoms with van der Waals surface area (Å²) in [5.74, 6) is 0. The van der Waals surface area contributed by atoms with E-state index in [2.05, 4.69) is 380 Å². The molecule has 99 heavy (non-hydrogen) atoms. The average molecular weight is 1300 g/mol. The first-order chi connectivity index (χ1) is 47.0. The lowest BCUT2D eigenvalue weighted by atomic mass is 9.33. The lowest BCUT2D eigenvalue weighted by molar-refractivity contribution is 0.195. The minimum Gasteiger partial charge on any atom is -0.334 e. The maximum Gasteiger partial charge on any atom is 0.252 e. The number of anilines is 11. The highest BCUT2D eigenvalue weighted by Crippen LogP contribution is 2.63. The van der Waals surface area contributed by atoms with Gasteiger partial charge in [0.05, 0.1) is 16.9 Å². The fourth-order valence-corrected chi connectivity index (χ4v) is 16.9. The molecular weight excluding hydrogens is 1200 g/mol. The number of rotatable bonds is 9. The van der Waals surface area contributed by atoms with Gasteiger partial charge in [-0.15, -0.1) is 0 Å². The average Bonchev–Trinajstić information content (AvgIpc) is 1.67. The molecule has 0 bridgehead atoms. The number of hydrogen-bond donors (Lipinski definition) is 0. The first-order valence-corrected chi connectivity index (χ1v) is 36.5. The number of fused-ring (bicyclic) bond motifs is 7. The van der Waals surface area contributed by atoms with Crippen molar-refractivity contribution in [1.82, 2.24) is 0 Å². The van der Waals surface area contributed by atoms with Gasteiger partial charge in [-0.1, -0.05) is 275 Å². The van der Waals surface area contributed by atoms with Crippen LogP contribution < -0.4 is 36.0 Å². The summed E-state index contributed by atoms with van der Waals surface area (Å²) >= 11 is 0. The van der Waals surface area contributed by atoms with Crippen LogP contribution in [0.5, 0.6) is 0 Å². The van der Waals surface area contributed by atoms with Crippen molar-refractivity contribution in [2.45, 2.75) is 181 Å². The fourth-order valence-electron chi connectivity index (χ4n) is 16.9. The molecule has 0 N–H and O–H groups in total. The molecule has 2 unspecified atom stereocenters.